The highest BCUT2D eigenvalue weighted by molar-refractivity contribution is 6.31. The lowest BCUT2D eigenvalue weighted by molar-refractivity contribution is -0.126. The highest BCUT2D eigenvalue weighted by atomic mass is 35.5. The second-order valence-corrected chi connectivity index (χ2v) is 5.04. The summed E-state index contributed by atoms with van der Waals surface area (Å²) in [6.07, 6.45) is 1.33. The Morgan fingerprint density at radius 2 is 2.26 bits per heavy atom. The molecule has 1 atom stereocenters. The smallest absolute Gasteiger partial charge is 0.246 e. The monoisotopic (exact) mass is 282 g/mol. The van der Waals surface area contributed by atoms with Gasteiger partial charge in [-0.1, -0.05) is 18.2 Å². The van der Waals surface area contributed by atoms with E-state index < -0.39 is 5.82 Å². The summed E-state index contributed by atoms with van der Waals surface area (Å²) in [5.74, 6) is -0.470. The van der Waals surface area contributed by atoms with Gasteiger partial charge in [0.2, 0.25) is 5.91 Å². The van der Waals surface area contributed by atoms with Crippen LogP contribution in [0.5, 0.6) is 0 Å². The number of hydrogen-bond acceptors (Lipinski definition) is 2. The third kappa shape index (κ3) is 2.89. The van der Waals surface area contributed by atoms with Crippen molar-refractivity contribution in [3.8, 4) is 0 Å². The number of rotatable bonds is 2. The van der Waals surface area contributed by atoms with Crippen molar-refractivity contribution in [3.63, 3.8) is 0 Å². The summed E-state index contributed by atoms with van der Waals surface area (Å²) in [4.78, 5) is 15.5. The van der Waals surface area contributed by atoms with Crippen molar-refractivity contribution in [1.82, 2.24) is 4.90 Å². The molecule has 0 aliphatic carbocycles. The zero-order valence-electron chi connectivity index (χ0n) is 10.8. The van der Waals surface area contributed by atoms with Gasteiger partial charge in [0.1, 0.15) is 5.82 Å². The molecule has 0 unspecified atom stereocenters. The van der Waals surface area contributed by atoms with Crippen molar-refractivity contribution in [2.24, 2.45) is 0 Å². The third-order valence-electron chi connectivity index (χ3n) is 3.35. The highest BCUT2D eigenvalue weighted by Gasteiger charge is 2.26. The van der Waals surface area contributed by atoms with Gasteiger partial charge in [-0.2, -0.15) is 0 Å². The first-order valence-corrected chi connectivity index (χ1v) is 6.53. The van der Waals surface area contributed by atoms with Gasteiger partial charge in [-0.15, -0.1) is 0 Å². The van der Waals surface area contributed by atoms with Crippen molar-refractivity contribution in [2.45, 2.75) is 13.0 Å². The second kappa shape index (κ2) is 5.61. The Kier molecular flexibility index (Phi) is 4.10. The van der Waals surface area contributed by atoms with Crippen LogP contribution in [0.1, 0.15) is 6.92 Å². The quantitative estimate of drug-likeness (QED) is 0.779. The van der Waals surface area contributed by atoms with Crippen LogP contribution in [0.2, 0.25) is 5.02 Å². The number of hydrogen-bond donors (Lipinski definition) is 0. The number of halogens is 2. The molecule has 1 aromatic rings. The number of carbonyl (C=O) groups excluding carboxylic acids is 1. The van der Waals surface area contributed by atoms with E-state index in [1.54, 1.807) is 17.0 Å². The topological polar surface area (TPSA) is 23.6 Å². The van der Waals surface area contributed by atoms with Crippen molar-refractivity contribution in [1.29, 1.82) is 0 Å². The van der Waals surface area contributed by atoms with E-state index in [4.69, 9.17) is 11.6 Å². The average molecular weight is 283 g/mol. The fourth-order valence-electron chi connectivity index (χ4n) is 2.33. The molecule has 102 valence electrons. The summed E-state index contributed by atoms with van der Waals surface area (Å²) in [5, 5.41) is 0.120. The van der Waals surface area contributed by atoms with Gasteiger partial charge in [0.25, 0.3) is 0 Å². The Balaban J connectivity index is 2.13. The molecule has 0 radical (unpaired) electrons. The van der Waals surface area contributed by atoms with Gasteiger partial charge in [-0.3, -0.25) is 4.79 Å². The minimum absolute atomic E-state index is 0.0522. The van der Waals surface area contributed by atoms with Crippen LogP contribution in [-0.4, -0.2) is 36.5 Å². The van der Waals surface area contributed by atoms with Crippen LogP contribution in [0, 0.1) is 5.82 Å². The van der Waals surface area contributed by atoms with Crippen LogP contribution >= 0.6 is 11.6 Å². The Morgan fingerprint density at radius 1 is 1.53 bits per heavy atom. The summed E-state index contributed by atoms with van der Waals surface area (Å²) < 4.78 is 13.2. The number of nitrogens with zero attached hydrogens (tertiary/aromatic N) is 2. The van der Waals surface area contributed by atoms with E-state index in [0.717, 1.165) is 5.69 Å². The minimum Gasteiger partial charge on any atom is -0.365 e. The van der Waals surface area contributed by atoms with Crippen molar-refractivity contribution < 1.29 is 9.18 Å². The van der Waals surface area contributed by atoms with Crippen molar-refractivity contribution >= 4 is 23.2 Å². The summed E-state index contributed by atoms with van der Waals surface area (Å²) in [5.41, 5.74) is 0.879. The molecule has 19 heavy (non-hydrogen) atoms. The molecule has 1 aliphatic rings. The Hall–Kier alpha value is -1.55. The van der Waals surface area contributed by atoms with E-state index in [1.165, 1.54) is 12.1 Å². The van der Waals surface area contributed by atoms with Crippen LogP contribution in [0.15, 0.2) is 30.9 Å². The summed E-state index contributed by atoms with van der Waals surface area (Å²) in [6.45, 7) is 7.47. The minimum atomic E-state index is -0.418. The molecule has 0 N–H and O–H groups in total. The van der Waals surface area contributed by atoms with E-state index in [1.807, 2.05) is 6.92 Å². The zero-order valence-corrected chi connectivity index (χ0v) is 11.5. The van der Waals surface area contributed by atoms with Crippen LogP contribution in [0.3, 0.4) is 0 Å². The molecule has 1 amide bonds. The number of carbonyl (C=O) groups is 1. The molecule has 1 saturated heterocycles. The van der Waals surface area contributed by atoms with Gasteiger partial charge in [0.15, 0.2) is 0 Å². The second-order valence-electron chi connectivity index (χ2n) is 4.63. The van der Waals surface area contributed by atoms with E-state index >= 15 is 0 Å². The predicted octanol–water partition coefficient (Wildman–Crippen LogP) is 2.70. The lowest BCUT2D eigenvalue weighted by Gasteiger charge is -2.41. The molecule has 1 heterocycles. The predicted molar refractivity (Wildman–Crippen MR) is 75.0 cm³/mol. The highest BCUT2D eigenvalue weighted by Crippen LogP contribution is 2.25. The number of anilines is 1. The van der Waals surface area contributed by atoms with Gasteiger partial charge in [0, 0.05) is 31.4 Å². The first-order chi connectivity index (χ1) is 9.02. The van der Waals surface area contributed by atoms with Crippen LogP contribution < -0.4 is 4.90 Å². The van der Waals surface area contributed by atoms with Gasteiger partial charge in [0.05, 0.1) is 5.02 Å². The SMILES string of the molecule is C=CC(=O)N1CCN(c2ccc(F)c(Cl)c2)[C@@H](C)C1. The first-order valence-electron chi connectivity index (χ1n) is 6.16. The Morgan fingerprint density at radius 3 is 2.84 bits per heavy atom. The van der Waals surface area contributed by atoms with Crippen LogP contribution in [-0.2, 0) is 4.79 Å². The van der Waals surface area contributed by atoms with E-state index in [2.05, 4.69) is 11.5 Å². The Labute approximate surface area is 117 Å². The Bertz CT molecular complexity index is 506. The maximum Gasteiger partial charge on any atom is 0.246 e. The van der Waals surface area contributed by atoms with Crippen molar-refractivity contribution in [2.75, 3.05) is 24.5 Å². The molecule has 0 saturated carbocycles. The molecule has 1 fully saturated rings. The average Bonchev–Trinajstić information content (AvgIpc) is 2.41. The van der Waals surface area contributed by atoms with Crippen molar-refractivity contribution in [3.05, 3.63) is 41.7 Å². The summed E-state index contributed by atoms with van der Waals surface area (Å²) >= 11 is 5.80. The first kappa shape index (κ1) is 13.9. The molecule has 0 aromatic heterocycles. The normalized spacial score (nSPS) is 19.4. The molecule has 3 nitrogen and oxygen atoms in total. The van der Waals surface area contributed by atoms with Crippen LogP contribution in [0.4, 0.5) is 10.1 Å². The molecule has 0 spiro atoms. The molecule has 2 rings (SSSR count). The van der Waals surface area contributed by atoms with E-state index in [0.29, 0.717) is 19.6 Å². The third-order valence-corrected chi connectivity index (χ3v) is 3.64. The fraction of sp³-hybridized carbons (Fsp3) is 0.357. The summed E-state index contributed by atoms with van der Waals surface area (Å²) in [7, 11) is 0. The van der Waals surface area contributed by atoms with Crippen LogP contribution in [0.25, 0.3) is 0 Å². The zero-order chi connectivity index (χ0) is 14.0. The molecule has 5 heteroatoms. The standard InChI is InChI=1S/C14H16ClFN2O/c1-3-14(19)17-6-7-18(10(2)9-17)11-4-5-13(16)12(15)8-11/h3-5,8,10H,1,6-7,9H2,2H3/t10-/m0/s1. The number of amides is 1. The maximum atomic E-state index is 13.2. The number of piperazine rings is 1. The van der Waals surface area contributed by atoms with Gasteiger partial charge < -0.3 is 9.80 Å². The summed E-state index contributed by atoms with van der Waals surface area (Å²) in [6, 6.07) is 4.85. The molecule has 1 aliphatic heterocycles. The van der Waals surface area contributed by atoms with Gasteiger partial charge in [-0.25, -0.2) is 4.39 Å². The maximum absolute atomic E-state index is 13.2. The lowest BCUT2D eigenvalue weighted by atomic mass is 10.1. The van der Waals surface area contributed by atoms with E-state index in [9.17, 15) is 9.18 Å². The number of benzene rings is 1. The molecule has 1 aromatic carbocycles. The molecular weight excluding hydrogens is 267 g/mol. The fourth-order valence-corrected chi connectivity index (χ4v) is 2.51. The van der Waals surface area contributed by atoms with Gasteiger partial charge >= 0.3 is 0 Å². The molecular formula is C14H16ClFN2O. The van der Waals surface area contributed by atoms with E-state index in [-0.39, 0.29) is 17.0 Å². The lowest BCUT2D eigenvalue weighted by Crippen LogP contribution is -2.53. The largest absolute Gasteiger partial charge is 0.365 e. The van der Waals surface area contributed by atoms with Gasteiger partial charge in [-0.05, 0) is 31.2 Å². The molecule has 0 bridgehead atoms.